The molecule has 1 aromatic carbocycles. The van der Waals surface area contributed by atoms with Gasteiger partial charge in [0, 0.05) is 61.2 Å². The fourth-order valence-electron chi connectivity index (χ4n) is 5.59. The lowest BCUT2D eigenvalue weighted by Crippen LogP contribution is -2.50. The number of carbonyl (C=O) groups is 2. The number of allylic oxidation sites excluding steroid dienone is 3. The van der Waals surface area contributed by atoms with Crippen molar-refractivity contribution in [2.24, 2.45) is 11.8 Å². The van der Waals surface area contributed by atoms with E-state index in [1.54, 1.807) is 18.2 Å². The Morgan fingerprint density at radius 1 is 1.16 bits per heavy atom. The first-order chi connectivity index (χ1) is 20.4. The summed E-state index contributed by atoms with van der Waals surface area (Å²) in [5, 5.41) is 11.2. The van der Waals surface area contributed by atoms with Gasteiger partial charge in [-0.3, -0.25) is 9.69 Å². The average molecular weight is 604 g/mol. The topological polar surface area (TPSA) is 94.7 Å². The average Bonchev–Trinajstić information content (AvgIpc) is 3.80. The van der Waals surface area contributed by atoms with Crippen molar-refractivity contribution in [1.82, 2.24) is 20.9 Å². The van der Waals surface area contributed by atoms with Crippen molar-refractivity contribution in [3.63, 3.8) is 0 Å². The van der Waals surface area contributed by atoms with Gasteiger partial charge in [-0.2, -0.15) is 13.2 Å². The van der Waals surface area contributed by atoms with Crippen LogP contribution in [-0.4, -0.2) is 60.8 Å². The van der Waals surface area contributed by atoms with E-state index in [2.05, 4.69) is 26.2 Å². The van der Waals surface area contributed by atoms with Gasteiger partial charge in [0.15, 0.2) is 11.6 Å². The number of rotatable bonds is 8. The van der Waals surface area contributed by atoms with Crippen molar-refractivity contribution in [3.8, 4) is 5.75 Å². The summed E-state index contributed by atoms with van der Waals surface area (Å²) >= 11 is 0. The molecule has 3 amide bonds. The summed E-state index contributed by atoms with van der Waals surface area (Å²) in [5.74, 6) is -0.875. The maximum atomic E-state index is 15.0. The molecular weight excluding hydrogens is 566 g/mol. The molecule has 3 atom stereocenters. The summed E-state index contributed by atoms with van der Waals surface area (Å²) in [6.45, 7) is 6.76. The second kappa shape index (κ2) is 12.5. The highest BCUT2D eigenvalue weighted by atomic mass is 19.4. The zero-order valence-electron chi connectivity index (χ0n) is 24.2. The number of halogens is 4. The zero-order valence-corrected chi connectivity index (χ0v) is 24.2. The van der Waals surface area contributed by atoms with Crippen molar-refractivity contribution in [1.29, 1.82) is 0 Å². The molecule has 1 heterocycles. The molecule has 1 aromatic rings. The highest BCUT2D eigenvalue weighted by Gasteiger charge is 2.39. The molecule has 8 nitrogen and oxygen atoms in total. The van der Waals surface area contributed by atoms with Gasteiger partial charge in [0.05, 0.1) is 5.54 Å². The summed E-state index contributed by atoms with van der Waals surface area (Å²) in [4.78, 5) is 27.1. The number of benzene rings is 1. The van der Waals surface area contributed by atoms with Crippen LogP contribution in [0.1, 0.15) is 39.5 Å². The van der Waals surface area contributed by atoms with E-state index in [0.717, 1.165) is 51.2 Å². The maximum absolute atomic E-state index is 15.0. The molecule has 0 aromatic heterocycles. The summed E-state index contributed by atoms with van der Waals surface area (Å²) in [6, 6.07) is 2.89. The number of ether oxygens (including phenoxy) is 1. The fraction of sp³-hybridized carbons (Fsp3) is 0.484. The van der Waals surface area contributed by atoms with Gasteiger partial charge in [-0.15, -0.1) is 0 Å². The molecule has 0 radical (unpaired) electrons. The Bertz CT molecular complexity index is 1360. The first-order valence-electron chi connectivity index (χ1n) is 14.6. The van der Waals surface area contributed by atoms with Gasteiger partial charge in [0.2, 0.25) is 5.91 Å². The van der Waals surface area contributed by atoms with Crippen LogP contribution in [0, 0.1) is 17.7 Å². The van der Waals surface area contributed by atoms with E-state index < -0.39 is 35.1 Å². The standard InChI is InChI=1S/C31H37F4N5O3/c1-19(40-12-10-36-11-13-40)21-14-22(31(33,34)35)16-24(15-21)38-29(42)37-23-7-8-27(26(32)17-23)43-25-4-3-9-30(2,18-25)39-28(41)20-5-6-20/h3-4,7-8,15-21,36H,5-6,9-14H2,1-2H3,(H,39,41)(H2,37,38,42). The molecule has 0 bridgehead atoms. The van der Waals surface area contributed by atoms with Gasteiger partial charge in [-0.05, 0) is 75.8 Å². The van der Waals surface area contributed by atoms with E-state index in [0.29, 0.717) is 12.2 Å². The molecule has 1 saturated carbocycles. The van der Waals surface area contributed by atoms with Crippen molar-refractivity contribution < 1.29 is 31.9 Å². The largest absolute Gasteiger partial charge is 0.455 e. The third kappa shape index (κ3) is 8.05. The monoisotopic (exact) mass is 603 g/mol. The van der Waals surface area contributed by atoms with Gasteiger partial charge < -0.3 is 26.0 Å². The van der Waals surface area contributed by atoms with E-state index >= 15 is 0 Å². The predicted octanol–water partition coefficient (Wildman–Crippen LogP) is 5.14. The number of amides is 3. The second-order valence-electron chi connectivity index (χ2n) is 11.8. The number of hydrogen-bond acceptors (Lipinski definition) is 5. The molecule has 43 heavy (non-hydrogen) atoms. The van der Waals surface area contributed by atoms with Crippen LogP contribution in [0.5, 0.6) is 5.75 Å². The quantitative estimate of drug-likeness (QED) is 0.309. The maximum Gasteiger partial charge on any atom is 0.412 e. The molecule has 5 rings (SSSR count). The van der Waals surface area contributed by atoms with Gasteiger partial charge in [-0.25, -0.2) is 9.18 Å². The molecule has 3 unspecified atom stereocenters. The van der Waals surface area contributed by atoms with Gasteiger partial charge in [0.1, 0.15) is 5.76 Å². The summed E-state index contributed by atoms with van der Waals surface area (Å²) < 4.78 is 61.9. The minimum absolute atomic E-state index is 0.00743. The molecule has 1 saturated heterocycles. The van der Waals surface area contributed by atoms with Gasteiger partial charge in [0.25, 0.3) is 0 Å². The first-order valence-corrected chi connectivity index (χ1v) is 14.6. The Morgan fingerprint density at radius 2 is 1.91 bits per heavy atom. The minimum atomic E-state index is -4.53. The van der Waals surface area contributed by atoms with E-state index in [4.69, 9.17) is 4.74 Å². The molecule has 0 spiro atoms. The number of piperazine rings is 1. The van der Waals surface area contributed by atoms with E-state index in [9.17, 15) is 27.2 Å². The second-order valence-corrected chi connectivity index (χ2v) is 11.8. The van der Waals surface area contributed by atoms with Crippen LogP contribution < -0.4 is 26.0 Å². The molecule has 12 heteroatoms. The van der Waals surface area contributed by atoms with Crippen molar-refractivity contribution in [2.75, 3.05) is 31.5 Å². The van der Waals surface area contributed by atoms with Crippen LogP contribution in [-0.2, 0) is 4.79 Å². The highest BCUT2D eigenvalue weighted by molar-refractivity contribution is 5.90. The molecular formula is C31H37F4N5O3. The summed E-state index contributed by atoms with van der Waals surface area (Å²) in [5.41, 5.74) is -1.23. The first kappa shape index (κ1) is 30.8. The van der Waals surface area contributed by atoms with Crippen LogP contribution in [0.4, 0.5) is 28.0 Å². The van der Waals surface area contributed by atoms with Gasteiger partial charge >= 0.3 is 12.2 Å². The Morgan fingerprint density at radius 3 is 2.58 bits per heavy atom. The van der Waals surface area contributed by atoms with Crippen LogP contribution >= 0.6 is 0 Å². The molecule has 4 aliphatic rings. The Labute approximate surface area is 248 Å². The summed E-state index contributed by atoms with van der Waals surface area (Å²) in [6.07, 6.45) is 5.52. The number of carbonyl (C=O) groups excluding carboxylic acids is 2. The normalized spacial score (nSPS) is 25.2. The molecule has 1 aliphatic heterocycles. The van der Waals surface area contributed by atoms with Crippen molar-refractivity contribution >= 4 is 17.6 Å². The molecule has 3 aliphatic carbocycles. The third-order valence-corrected chi connectivity index (χ3v) is 8.21. The number of nitrogens with zero attached hydrogens (tertiary/aromatic N) is 1. The summed E-state index contributed by atoms with van der Waals surface area (Å²) in [7, 11) is 0. The Hall–Kier alpha value is -3.64. The lowest BCUT2D eigenvalue weighted by atomic mass is 9.86. The molecule has 232 valence electrons. The number of nitrogens with one attached hydrogen (secondary N) is 4. The van der Waals surface area contributed by atoms with E-state index in [-0.39, 0.29) is 41.4 Å². The SMILES string of the molecule is CC(C1C=C(NC(=O)Nc2ccc(OC3=CC(C)(NC(=O)C4CC4)CC=C3)c(F)c2)C=C(C(F)(F)F)C1)N1CCNCC1. The minimum Gasteiger partial charge on any atom is -0.455 e. The highest BCUT2D eigenvalue weighted by Crippen LogP contribution is 2.37. The van der Waals surface area contributed by atoms with Crippen molar-refractivity contribution in [2.45, 2.75) is 57.3 Å². The smallest absolute Gasteiger partial charge is 0.412 e. The van der Waals surface area contributed by atoms with E-state index in [1.165, 1.54) is 12.1 Å². The Kier molecular flexibility index (Phi) is 8.98. The van der Waals surface area contributed by atoms with Crippen LogP contribution in [0.25, 0.3) is 0 Å². The predicted molar refractivity (Wildman–Crippen MR) is 155 cm³/mol. The fourth-order valence-corrected chi connectivity index (χ4v) is 5.59. The van der Waals surface area contributed by atoms with Gasteiger partial charge in [-0.1, -0.05) is 12.2 Å². The van der Waals surface area contributed by atoms with Crippen LogP contribution in [0.2, 0.25) is 0 Å². The Balaban J connectivity index is 1.22. The van der Waals surface area contributed by atoms with Crippen molar-refractivity contribution in [3.05, 3.63) is 71.4 Å². The molecule has 4 N–H and O–H groups in total. The lowest BCUT2D eigenvalue weighted by molar-refractivity contribution is -0.123. The number of urea groups is 1. The molecule has 2 fully saturated rings. The number of alkyl halides is 3. The van der Waals surface area contributed by atoms with E-state index in [1.807, 2.05) is 19.9 Å². The third-order valence-electron chi connectivity index (χ3n) is 8.21. The number of anilines is 1. The number of hydrogen-bond donors (Lipinski definition) is 4. The zero-order chi connectivity index (χ0) is 30.8. The van der Waals surface area contributed by atoms with Crippen LogP contribution in [0.3, 0.4) is 0 Å². The van der Waals surface area contributed by atoms with Crippen LogP contribution in [0.15, 0.2) is 65.6 Å². The lowest BCUT2D eigenvalue weighted by Gasteiger charge is -2.38.